The van der Waals surface area contributed by atoms with Crippen molar-refractivity contribution in [2.45, 2.75) is 31.9 Å². The molecule has 0 unspecified atom stereocenters. The van der Waals surface area contributed by atoms with Crippen LogP contribution in [0.1, 0.15) is 30.9 Å². The van der Waals surface area contributed by atoms with Crippen LogP contribution in [0.3, 0.4) is 0 Å². The first-order chi connectivity index (χ1) is 8.48. The molecule has 1 aliphatic heterocycles. The highest BCUT2D eigenvalue weighted by molar-refractivity contribution is 5.96. The van der Waals surface area contributed by atoms with Crippen LogP contribution in [0.2, 0.25) is 0 Å². The van der Waals surface area contributed by atoms with Crippen LogP contribution < -0.4 is 5.73 Å². The van der Waals surface area contributed by atoms with E-state index in [9.17, 15) is 5.11 Å². The summed E-state index contributed by atoms with van der Waals surface area (Å²) in [6, 6.07) is 7.78. The van der Waals surface area contributed by atoms with Crippen molar-refractivity contribution < 1.29 is 5.11 Å². The molecule has 0 spiro atoms. The summed E-state index contributed by atoms with van der Waals surface area (Å²) in [5, 5.41) is 17.5. The van der Waals surface area contributed by atoms with E-state index < -0.39 is 5.60 Å². The molecule has 1 aromatic carbocycles. The third kappa shape index (κ3) is 3.09. The molecule has 4 N–H and O–H groups in total. The van der Waals surface area contributed by atoms with Crippen LogP contribution in [-0.4, -0.2) is 34.5 Å². The third-order valence-electron chi connectivity index (χ3n) is 3.63. The van der Waals surface area contributed by atoms with Gasteiger partial charge >= 0.3 is 0 Å². The van der Waals surface area contributed by atoms with Gasteiger partial charge in [0.15, 0.2) is 0 Å². The summed E-state index contributed by atoms with van der Waals surface area (Å²) in [7, 11) is 0. The predicted molar refractivity (Wildman–Crippen MR) is 72.6 cm³/mol. The maximum atomic E-state index is 9.92. The average molecular weight is 247 g/mol. The minimum atomic E-state index is -0.517. The van der Waals surface area contributed by atoms with Crippen LogP contribution >= 0.6 is 0 Å². The molecule has 1 aromatic rings. The Labute approximate surface area is 108 Å². The summed E-state index contributed by atoms with van der Waals surface area (Å²) in [5.41, 5.74) is 6.97. The smallest absolute Gasteiger partial charge is 0.123 e. The summed E-state index contributed by atoms with van der Waals surface area (Å²) in [6.07, 6.45) is 1.60. The minimum absolute atomic E-state index is 0.120. The van der Waals surface area contributed by atoms with Gasteiger partial charge in [-0.2, -0.15) is 0 Å². The first kappa shape index (κ1) is 13.1. The van der Waals surface area contributed by atoms with Crippen molar-refractivity contribution in [3.8, 4) is 0 Å². The SMILES string of the molecule is CC1(O)CCN(Cc2ccccc2C(=N)N)CC1. The highest BCUT2D eigenvalue weighted by Crippen LogP contribution is 2.23. The Kier molecular flexibility index (Phi) is 3.68. The second-order valence-corrected chi connectivity index (χ2v) is 5.34. The summed E-state index contributed by atoms with van der Waals surface area (Å²) in [5.74, 6) is 0.120. The molecule has 4 nitrogen and oxygen atoms in total. The first-order valence-electron chi connectivity index (χ1n) is 6.35. The summed E-state index contributed by atoms with van der Waals surface area (Å²) >= 11 is 0. The van der Waals surface area contributed by atoms with E-state index in [1.807, 2.05) is 31.2 Å². The number of hydrogen-bond donors (Lipinski definition) is 3. The maximum absolute atomic E-state index is 9.92. The number of nitrogens with one attached hydrogen (secondary N) is 1. The molecule has 0 aromatic heterocycles. The maximum Gasteiger partial charge on any atom is 0.123 e. The molecule has 0 atom stereocenters. The monoisotopic (exact) mass is 247 g/mol. The number of nitrogens with two attached hydrogens (primary N) is 1. The average Bonchev–Trinajstić information content (AvgIpc) is 2.32. The molecule has 0 radical (unpaired) electrons. The number of amidine groups is 1. The Morgan fingerprint density at radius 1 is 1.39 bits per heavy atom. The number of likely N-dealkylation sites (tertiary alicyclic amines) is 1. The molecule has 0 bridgehead atoms. The zero-order chi connectivity index (χ0) is 13.2. The fraction of sp³-hybridized carbons (Fsp3) is 0.500. The van der Waals surface area contributed by atoms with Gasteiger partial charge in [-0.25, -0.2) is 0 Å². The normalized spacial score (nSPS) is 19.7. The molecule has 0 amide bonds. The van der Waals surface area contributed by atoms with Crippen LogP contribution in [0, 0.1) is 5.41 Å². The van der Waals surface area contributed by atoms with Gasteiger partial charge in [0.1, 0.15) is 5.84 Å². The Hall–Kier alpha value is -1.39. The highest BCUT2D eigenvalue weighted by atomic mass is 16.3. The molecule has 0 aliphatic carbocycles. The zero-order valence-corrected chi connectivity index (χ0v) is 10.8. The number of nitrogens with zero attached hydrogens (tertiary/aromatic N) is 1. The van der Waals surface area contributed by atoms with Gasteiger partial charge in [-0.15, -0.1) is 0 Å². The Bertz CT molecular complexity index is 432. The number of hydrogen-bond acceptors (Lipinski definition) is 3. The van der Waals surface area contributed by atoms with E-state index in [1.165, 1.54) is 0 Å². The second kappa shape index (κ2) is 5.08. The number of rotatable bonds is 3. The molecule has 0 saturated carbocycles. The molecule has 4 heteroatoms. The third-order valence-corrected chi connectivity index (χ3v) is 3.63. The molecular weight excluding hydrogens is 226 g/mol. The lowest BCUT2D eigenvalue weighted by Gasteiger charge is -2.36. The van der Waals surface area contributed by atoms with E-state index >= 15 is 0 Å². The highest BCUT2D eigenvalue weighted by Gasteiger charge is 2.27. The molecule has 1 saturated heterocycles. The lowest BCUT2D eigenvalue weighted by molar-refractivity contribution is -0.00730. The number of aliphatic hydroxyl groups is 1. The lowest BCUT2D eigenvalue weighted by atomic mass is 9.93. The van der Waals surface area contributed by atoms with Gasteiger partial charge in [0.05, 0.1) is 5.60 Å². The van der Waals surface area contributed by atoms with Gasteiger partial charge in [-0.1, -0.05) is 24.3 Å². The largest absolute Gasteiger partial charge is 0.390 e. The molecule has 1 heterocycles. The summed E-state index contributed by atoms with van der Waals surface area (Å²) < 4.78 is 0. The van der Waals surface area contributed by atoms with E-state index in [2.05, 4.69) is 4.90 Å². The van der Waals surface area contributed by atoms with E-state index in [0.717, 1.165) is 43.6 Å². The summed E-state index contributed by atoms with van der Waals surface area (Å²) in [6.45, 7) is 4.47. The Balaban J connectivity index is 2.04. The predicted octanol–water partition coefficient (Wildman–Crippen LogP) is 1.32. The number of benzene rings is 1. The minimum Gasteiger partial charge on any atom is -0.390 e. The molecular formula is C14H21N3O. The first-order valence-corrected chi connectivity index (χ1v) is 6.35. The van der Waals surface area contributed by atoms with Crippen molar-refractivity contribution in [3.05, 3.63) is 35.4 Å². The van der Waals surface area contributed by atoms with Crippen molar-refractivity contribution in [1.82, 2.24) is 4.90 Å². The van der Waals surface area contributed by atoms with E-state index in [0.29, 0.717) is 0 Å². The quantitative estimate of drug-likeness (QED) is 0.557. The molecule has 1 fully saturated rings. The number of nitrogen functional groups attached to an aromatic ring is 1. The van der Waals surface area contributed by atoms with Crippen LogP contribution in [0.4, 0.5) is 0 Å². The zero-order valence-electron chi connectivity index (χ0n) is 10.8. The van der Waals surface area contributed by atoms with Gasteiger partial charge in [0.2, 0.25) is 0 Å². The van der Waals surface area contributed by atoms with Crippen LogP contribution in [0.5, 0.6) is 0 Å². The fourth-order valence-corrected chi connectivity index (χ4v) is 2.35. The van der Waals surface area contributed by atoms with Crippen molar-refractivity contribution in [1.29, 1.82) is 5.41 Å². The molecule has 2 rings (SSSR count). The lowest BCUT2D eigenvalue weighted by Crippen LogP contribution is -2.42. The standard InChI is InChI=1S/C14H21N3O/c1-14(18)6-8-17(9-7-14)10-11-4-2-3-5-12(11)13(15)16/h2-5,18H,6-10H2,1H3,(H3,15,16). The van der Waals surface area contributed by atoms with Crippen molar-refractivity contribution in [2.75, 3.05) is 13.1 Å². The van der Waals surface area contributed by atoms with E-state index in [4.69, 9.17) is 11.1 Å². The van der Waals surface area contributed by atoms with Gasteiger partial charge in [0, 0.05) is 25.2 Å². The van der Waals surface area contributed by atoms with Crippen molar-refractivity contribution in [2.24, 2.45) is 5.73 Å². The van der Waals surface area contributed by atoms with Crippen molar-refractivity contribution in [3.63, 3.8) is 0 Å². The van der Waals surface area contributed by atoms with Crippen molar-refractivity contribution >= 4 is 5.84 Å². The van der Waals surface area contributed by atoms with E-state index in [-0.39, 0.29) is 5.84 Å². The van der Waals surface area contributed by atoms with Gasteiger partial charge < -0.3 is 10.8 Å². The molecule has 1 aliphatic rings. The van der Waals surface area contributed by atoms with Crippen LogP contribution in [0.25, 0.3) is 0 Å². The molecule has 18 heavy (non-hydrogen) atoms. The Morgan fingerprint density at radius 2 is 2.00 bits per heavy atom. The number of piperidine rings is 1. The van der Waals surface area contributed by atoms with Gasteiger partial charge in [0.25, 0.3) is 0 Å². The summed E-state index contributed by atoms with van der Waals surface area (Å²) in [4.78, 5) is 2.31. The fourth-order valence-electron chi connectivity index (χ4n) is 2.35. The Morgan fingerprint density at radius 3 is 2.61 bits per heavy atom. The van der Waals surface area contributed by atoms with Gasteiger partial charge in [-0.3, -0.25) is 10.3 Å². The van der Waals surface area contributed by atoms with Crippen LogP contribution in [-0.2, 0) is 6.54 Å². The van der Waals surface area contributed by atoms with Crippen LogP contribution in [0.15, 0.2) is 24.3 Å². The second-order valence-electron chi connectivity index (χ2n) is 5.34. The van der Waals surface area contributed by atoms with E-state index in [1.54, 1.807) is 0 Å². The topological polar surface area (TPSA) is 73.3 Å². The molecule has 98 valence electrons. The van der Waals surface area contributed by atoms with Gasteiger partial charge in [-0.05, 0) is 25.3 Å².